The van der Waals surface area contributed by atoms with Gasteiger partial charge in [0.15, 0.2) is 0 Å². The number of hydrogen-bond acceptors (Lipinski definition) is 3. The maximum absolute atomic E-state index is 12.5. The van der Waals surface area contributed by atoms with Crippen molar-refractivity contribution in [2.75, 3.05) is 0 Å². The van der Waals surface area contributed by atoms with Crippen molar-refractivity contribution in [1.29, 1.82) is 0 Å². The molecule has 1 aromatic heterocycles. The summed E-state index contributed by atoms with van der Waals surface area (Å²) in [6.07, 6.45) is -2.74. The van der Waals surface area contributed by atoms with Crippen molar-refractivity contribution < 1.29 is 13.2 Å². The van der Waals surface area contributed by atoms with E-state index < -0.39 is 11.7 Å². The minimum Gasteiger partial charge on any atom is -0.306 e. The van der Waals surface area contributed by atoms with E-state index in [0.717, 1.165) is 17.8 Å². The molecule has 0 spiro atoms. The van der Waals surface area contributed by atoms with Crippen molar-refractivity contribution in [3.8, 4) is 5.69 Å². The van der Waals surface area contributed by atoms with Gasteiger partial charge in [-0.05, 0) is 45.0 Å². The van der Waals surface area contributed by atoms with Crippen LogP contribution in [0.5, 0.6) is 0 Å². The third-order valence-electron chi connectivity index (χ3n) is 2.76. The van der Waals surface area contributed by atoms with E-state index in [1.807, 2.05) is 20.8 Å². The van der Waals surface area contributed by atoms with Crippen molar-refractivity contribution in [3.63, 3.8) is 0 Å². The third-order valence-corrected chi connectivity index (χ3v) is 2.76. The second-order valence-electron chi connectivity index (χ2n) is 5.77. The van der Waals surface area contributed by atoms with E-state index in [1.54, 1.807) is 6.20 Å². The standard InChI is InChI=1S/C14H17F3N4/c1-13(2,3)18-8-11-9-19-21(20-11)12-6-4-10(5-7-12)14(15,16)17/h4-7,9,18H,8H2,1-3H3. The molecule has 0 aliphatic carbocycles. The van der Waals surface area contributed by atoms with Gasteiger partial charge in [0.05, 0.1) is 23.1 Å². The van der Waals surface area contributed by atoms with Crippen LogP contribution < -0.4 is 5.32 Å². The summed E-state index contributed by atoms with van der Waals surface area (Å²) < 4.78 is 37.5. The highest BCUT2D eigenvalue weighted by Crippen LogP contribution is 2.29. The molecule has 4 nitrogen and oxygen atoms in total. The van der Waals surface area contributed by atoms with Gasteiger partial charge in [0.25, 0.3) is 0 Å². The molecule has 1 N–H and O–H groups in total. The lowest BCUT2D eigenvalue weighted by Crippen LogP contribution is -2.35. The van der Waals surface area contributed by atoms with E-state index >= 15 is 0 Å². The molecule has 0 radical (unpaired) electrons. The molecule has 2 aromatic rings. The highest BCUT2D eigenvalue weighted by molar-refractivity contribution is 5.33. The van der Waals surface area contributed by atoms with E-state index in [2.05, 4.69) is 15.5 Å². The summed E-state index contributed by atoms with van der Waals surface area (Å²) >= 11 is 0. The molecule has 7 heteroatoms. The molecule has 0 amide bonds. The SMILES string of the molecule is CC(C)(C)NCc1cnn(-c2ccc(C(F)(F)F)cc2)n1. The van der Waals surface area contributed by atoms with E-state index in [4.69, 9.17) is 0 Å². The summed E-state index contributed by atoms with van der Waals surface area (Å²) in [7, 11) is 0. The van der Waals surface area contributed by atoms with Crippen LogP contribution in [0.2, 0.25) is 0 Å². The maximum Gasteiger partial charge on any atom is 0.416 e. The van der Waals surface area contributed by atoms with E-state index in [-0.39, 0.29) is 5.54 Å². The fourth-order valence-electron chi connectivity index (χ4n) is 1.64. The van der Waals surface area contributed by atoms with Crippen molar-refractivity contribution >= 4 is 0 Å². The summed E-state index contributed by atoms with van der Waals surface area (Å²) in [4.78, 5) is 1.32. The largest absolute Gasteiger partial charge is 0.416 e. The van der Waals surface area contributed by atoms with E-state index in [1.165, 1.54) is 16.9 Å². The summed E-state index contributed by atoms with van der Waals surface area (Å²) in [6, 6.07) is 4.74. The first-order valence-corrected chi connectivity index (χ1v) is 6.49. The van der Waals surface area contributed by atoms with Gasteiger partial charge in [0.1, 0.15) is 0 Å². The van der Waals surface area contributed by atoms with Gasteiger partial charge in [-0.1, -0.05) is 0 Å². The number of alkyl halides is 3. The van der Waals surface area contributed by atoms with E-state index in [0.29, 0.717) is 12.2 Å². The molecule has 1 aromatic carbocycles. The predicted octanol–water partition coefficient (Wildman–Crippen LogP) is 3.17. The number of rotatable bonds is 3. The minimum absolute atomic E-state index is 0.0435. The smallest absolute Gasteiger partial charge is 0.306 e. The maximum atomic E-state index is 12.5. The predicted molar refractivity (Wildman–Crippen MR) is 73.0 cm³/mol. The number of halogens is 3. The Morgan fingerprint density at radius 2 is 1.71 bits per heavy atom. The zero-order valence-corrected chi connectivity index (χ0v) is 12.1. The molecule has 2 rings (SSSR count). The van der Waals surface area contributed by atoms with Gasteiger partial charge in [0, 0.05) is 12.1 Å². The molecule has 0 bridgehead atoms. The van der Waals surface area contributed by atoms with Gasteiger partial charge in [-0.2, -0.15) is 28.2 Å². The zero-order valence-electron chi connectivity index (χ0n) is 12.1. The average molecular weight is 298 g/mol. The molecule has 0 fully saturated rings. The number of hydrogen-bond donors (Lipinski definition) is 1. The Bertz CT molecular complexity index is 594. The monoisotopic (exact) mass is 298 g/mol. The van der Waals surface area contributed by atoms with Gasteiger partial charge in [-0.15, -0.1) is 0 Å². The van der Waals surface area contributed by atoms with Crippen LogP contribution in [0.3, 0.4) is 0 Å². The number of benzene rings is 1. The average Bonchev–Trinajstić information content (AvgIpc) is 2.83. The van der Waals surface area contributed by atoms with Gasteiger partial charge in [-0.25, -0.2) is 0 Å². The van der Waals surface area contributed by atoms with Crippen LogP contribution in [0.15, 0.2) is 30.5 Å². The number of nitrogens with zero attached hydrogens (tertiary/aromatic N) is 3. The van der Waals surface area contributed by atoms with Crippen LogP contribution in [-0.2, 0) is 12.7 Å². The van der Waals surface area contributed by atoms with Gasteiger partial charge in [0.2, 0.25) is 0 Å². The Morgan fingerprint density at radius 1 is 1.10 bits per heavy atom. The summed E-state index contributed by atoms with van der Waals surface area (Å²) in [5.41, 5.74) is 0.487. The Balaban J connectivity index is 2.11. The van der Waals surface area contributed by atoms with Gasteiger partial charge < -0.3 is 5.32 Å². The molecular weight excluding hydrogens is 281 g/mol. The van der Waals surface area contributed by atoms with Crippen LogP contribution in [0.1, 0.15) is 32.0 Å². The molecular formula is C14H17F3N4. The summed E-state index contributed by atoms with van der Waals surface area (Å²) in [6.45, 7) is 6.65. The molecule has 0 aliphatic heterocycles. The molecule has 21 heavy (non-hydrogen) atoms. The van der Waals surface area contributed by atoms with Crippen molar-refractivity contribution in [3.05, 3.63) is 41.7 Å². The van der Waals surface area contributed by atoms with Gasteiger partial charge in [-0.3, -0.25) is 0 Å². The second-order valence-corrected chi connectivity index (χ2v) is 5.77. The quantitative estimate of drug-likeness (QED) is 0.946. The molecule has 114 valence electrons. The molecule has 0 unspecified atom stereocenters. The zero-order chi connectivity index (χ0) is 15.7. The first kappa shape index (κ1) is 15.5. The highest BCUT2D eigenvalue weighted by atomic mass is 19.4. The van der Waals surface area contributed by atoms with Crippen LogP contribution in [-0.4, -0.2) is 20.5 Å². The fourth-order valence-corrected chi connectivity index (χ4v) is 1.64. The van der Waals surface area contributed by atoms with Crippen molar-refractivity contribution in [2.24, 2.45) is 0 Å². The van der Waals surface area contributed by atoms with Crippen LogP contribution in [0, 0.1) is 0 Å². The highest BCUT2D eigenvalue weighted by Gasteiger charge is 2.30. The normalized spacial score (nSPS) is 12.7. The Labute approximate surface area is 121 Å². The Kier molecular flexibility index (Phi) is 4.04. The van der Waals surface area contributed by atoms with Crippen molar-refractivity contribution in [1.82, 2.24) is 20.3 Å². The third kappa shape index (κ3) is 4.29. The molecule has 0 saturated carbocycles. The summed E-state index contributed by atoms with van der Waals surface area (Å²) in [5, 5.41) is 11.6. The molecule has 0 atom stereocenters. The second kappa shape index (κ2) is 5.48. The van der Waals surface area contributed by atoms with Crippen LogP contribution >= 0.6 is 0 Å². The Morgan fingerprint density at radius 3 is 2.24 bits per heavy atom. The van der Waals surface area contributed by atoms with Crippen molar-refractivity contribution in [2.45, 2.75) is 39.0 Å². The first-order valence-electron chi connectivity index (χ1n) is 6.49. The van der Waals surface area contributed by atoms with Crippen LogP contribution in [0.25, 0.3) is 5.69 Å². The lowest BCUT2D eigenvalue weighted by Gasteiger charge is -2.19. The van der Waals surface area contributed by atoms with E-state index in [9.17, 15) is 13.2 Å². The molecule has 0 saturated heterocycles. The molecule has 0 aliphatic rings. The summed E-state index contributed by atoms with van der Waals surface area (Å²) in [5.74, 6) is 0. The van der Waals surface area contributed by atoms with Crippen LogP contribution in [0.4, 0.5) is 13.2 Å². The van der Waals surface area contributed by atoms with Gasteiger partial charge >= 0.3 is 6.18 Å². The minimum atomic E-state index is -4.34. The fraction of sp³-hybridized carbons (Fsp3) is 0.429. The lowest BCUT2D eigenvalue weighted by molar-refractivity contribution is -0.137. The first-order chi connectivity index (χ1) is 9.65. The lowest BCUT2D eigenvalue weighted by atomic mass is 10.1. The number of aromatic nitrogens is 3. The number of nitrogens with one attached hydrogen (secondary N) is 1. The molecule has 1 heterocycles. The Hall–Kier alpha value is -1.89. The topological polar surface area (TPSA) is 42.7 Å².